The fraction of sp³-hybridized carbons (Fsp3) is 0. The Morgan fingerprint density at radius 2 is 1.09 bits per heavy atom. The van der Waals surface area contributed by atoms with Crippen molar-refractivity contribution in [2.24, 2.45) is 0 Å². The fourth-order valence-electron chi connectivity index (χ4n) is 4.01. The second kappa shape index (κ2) is 9.43. The Labute approximate surface area is 197 Å². The lowest BCUT2D eigenvalue weighted by Gasteiger charge is -2.13. The third kappa shape index (κ3) is 4.17. The van der Waals surface area contributed by atoms with Gasteiger partial charge in [-0.1, -0.05) is 84.9 Å². The van der Waals surface area contributed by atoms with Gasteiger partial charge in [-0.05, 0) is 41.0 Å². The molecule has 0 aliphatic rings. The van der Waals surface area contributed by atoms with Gasteiger partial charge in [-0.3, -0.25) is 9.97 Å². The van der Waals surface area contributed by atoms with E-state index in [1.54, 1.807) is 24.5 Å². The molecule has 6 aromatic rings. The van der Waals surface area contributed by atoms with E-state index in [2.05, 4.69) is 22.1 Å². The van der Waals surface area contributed by atoms with Crippen LogP contribution < -0.4 is 0 Å². The molecule has 2 heterocycles. The molecule has 0 unspecified atom stereocenters. The van der Waals surface area contributed by atoms with E-state index in [4.69, 9.17) is 0 Å². The maximum Gasteiger partial charge on any atom is 0.149 e. The summed E-state index contributed by atoms with van der Waals surface area (Å²) in [5.74, 6) is 0.467. The Bertz CT molecular complexity index is 1560. The molecule has 34 heavy (non-hydrogen) atoms. The predicted molar refractivity (Wildman–Crippen MR) is 138 cm³/mol. The molecule has 0 aliphatic heterocycles. The SMILES string of the molecule is Oc1c(-c2ccccc2)cc(-c2ccccc2)c2cccnc12.Oc1cccc2cccnc12. The van der Waals surface area contributed by atoms with Crippen molar-refractivity contribution in [2.45, 2.75) is 0 Å². The maximum atomic E-state index is 10.7. The molecule has 2 N–H and O–H groups in total. The average molecular weight is 443 g/mol. The first-order valence-corrected chi connectivity index (χ1v) is 11.0. The van der Waals surface area contributed by atoms with E-state index < -0.39 is 0 Å². The Balaban J connectivity index is 0.000000183. The van der Waals surface area contributed by atoms with Gasteiger partial charge in [0.2, 0.25) is 0 Å². The molecule has 0 fully saturated rings. The van der Waals surface area contributed by atoms with Gasteiger partial charge in [0, 0.05) is 28.7 Å². The molecular formula is C30H22N2O2. The minimum Gasteiger partial charge on any atom is -0.506 e. The highest BCUT2D eigenvalue weighted by Crippen LogP contribution is 2.40. The summed E-state index contributed by atoms with van der Waals surface area (Å²) < 4.78 is 0. The summed E-state index contributed by atoms with van der Waals surface area (Å²) >= 11 is 0. The second-order valence-corrected chi connectivity index (χ2v) is 7.80. The Morgan fingerprint density at radius 3 is 1.76 bits per heavy atom. The Hall–Kier alpha value is -4.70. The lowest BCUT2D eigenvalue weighted by molar-refractivity contribution is 0.480. The van der Waals surface area contributed by atoms with Gasteiger partial charge in [0.05, 0.1) is 0 Å². The summed E-state index contributed by atoms with van der Waals surface area (Å²) in [6.07, 6.45) is 3.38. The van der Waals surface area contributed by atoms with Gasteiger partial charge < -0.3 is 10.2 Å². The standard InChI is InChI=1S/C21H15NO.C9H7NO/c23-21-19(16-10-5-2-6-11-16)14-18(15-8-3-1-4-9-15)17-12-7-13-22-20(17)21;11-8-5-1-3-7-4-2-6-10-9(7)8/h1-14,23H;1-6,11H. The van der Waals surface area contributed by atoms with Crippen molar-refractivity contribution in [1.82, 2.24) is 9.97 Å². The molecule has 4 nitrogen and oxygen atoms in total. The van der Waals surface area contributed by atoms with E-state index >= 15 is 0 Å². The number of hydrogen-bond acceptors (Lipinski definition) is 4. The highest BCUT2D eigenvalue weighted by molar-refractivity contribution is 6.02. The molecule has 0 saturated carbocycles. The lowest BCUT2D eigenvalue weighted by Crippen LogP contribution is -1.88. The first kappa shape index (κ1) is 21.2. The molecule has 0 aliphatic carbocycles. The number of para-hydroxylation sites is 1. The Kier molecular flexibility index (Phi) is 5.87. The third-order valence-electron chi connectivity index (χ3n) is 5.65. The van der Waals surface area contributed by atoms with Crippen LogP contribution >= 0.6 is 0 Å². The molecule has 164 valence electrons. The normalized spacial score (nSPS) is 10.6. The van der Waals surface area contributed by atoms with E-state index in [0.29, 0.717) is 11.0 Å². The topological polar surface area (TPSA) is 66.2 Å². The lowest BCUT2D eigenvalue weighted by atomic mass is 9.94. The third-order valence-corrected chi connectivity index (χ3v) is 5.65. The van der Waals surface area contributed by atoms with Crippen molar-refractivity contribution in [3.05, 3.63) is 122 Å². The minimum atomic E-state index is 0.228. The van der Waals surface area contributed by atoms with Crippen molar-refractivity contribution in [3.63, 3.8) is 0 Å². The van der Waals surface area contributed by atoms with Crippen LogP contribution in [0.3, 0.4) is 0 Å². The van der Waals surface area contributed by atoms with Crippen LogP contribution in [0, 0.1) is 0 Å². The van der Waals surface area contributed by atoms with Crippen LogP contribution in [0.15, 0.2) is 122 Å². The predicted octanol–water partition coefficient (Wildman–Crippen LogP) is 7.21. The molecule has 0 spiro atoms. The van der Waals surface area contributed by atoms with Gasteiger partial charge in [-0.2, -0.15) is 0 Å². The average Bonchev–Trinajstić information content (AvgIpc) is 2.91. The number of fused-ring (bicyclic) bond motifs is 2. The summed E-state index contributed by atoms with van der Waals surface area (Å²) in [7, 11) is 0. The zero-order valence-electron chi connectivity index (χ0n) is 18.3. The smallest absolute Gasteiger partial charge is 0.149 e. The van der Waals surface area contributed by atoms with Crippen LogP contribution in [0.2, 0.25) is 0 Å². The van der Waals surface area contributed by atoms with E-state index in [0.717, 1.165) is 33.0 Å². The van der Waals surface area contributed by atoms with Crippen LogP contribution in [-0.4, -0.2) is 20.2 Å². The first-order valence-electron chi connectivity index (χ1n) is 11.0. The first-order chi connectivity index (χ1) is 16.7. The van der Waals surface area contributed by atoms with Gasteiger partial charge in [0.15, 0.2) is 0 Å². The van der Waals surface area contributed by atoms with Crippen molar-refractivity contribution >= 4 is 21.8 Å². The zero-order valence-corrected chi connectivity index (χ0v) is 18.3. The summed E-state index contributed by atoms with van der Waals surface area (Å²) in [5, 5.41) is 21.9. The van der Waals surface area contributed by atoms with E-state index in [1.165, 1.54) is 0 Å². The fourth-order valence-corrected chi connectivity index (χ4v) is 4.01. The number of hydrogen-bond donors (Lipinski definition) is 2. The zero-order chi connectivity index (χ0) is 23.3. The van der Waals surface area contributed by atoms with E-state index in [9.17, 15) is 10.2 Å². The second-order valence-electron chi connectivity index (χ2n) is 7.80. The van der Waals surface area contributed by atoms with Crippen molar-refractivity contribution in [2.75, 3.05) is 0 Å². The number of benzene rings is 4. The number of nitrogens with zero attached hydrogens (tertiary/aromatic N) is 2. The van der Waals surface area contributed by atoms with Crippen molar-refractivity contribution < 1.29 is 10.2 Å². The molecule has 0 atom stereocenters. The summed E-state index contributed by atoms with van der Waals surface area (Å²) in [6.45, 7) is 0. The highest BCUT2D eigenvalue weighted by atomic mass is 16.3. The largest absolute Gasteiger partial charge is 0.506 e. The van der Waals surface area contributed by atoms with Crippen LogP contribution in [-0.2, 0) is 0 Å². The maximum absolute atomic E-state index is 10.7. The number of rotatable bonds is 2. The molecule has 0 radical (unpaired) electrons. The molecular weight excluding hydrogens is 420 g/mol. The van der Waals surface area contributed by atoms with E-state index in [1.807, 2.05) is 84.9 Å². The van der Waals surface area contributed by atoms with Gasteiger partial charge in [-0.15, -0.1) is 0 Å². The van der Waals surface area contributed by atoms with Crippen LogP contribution in [0.4, 0.5) is 0 Å². The van der Waals surface area contributed by atoms with Crippen molar-refractivity contribution in [3.8, 4) is 33.8 Å². The molecule has 4 aromatic carbocycles. The number of phenols is 2. The molecule has 4 heteroatoms. The number of phenolic OH excluding ortho intramolecular Hbond substituents is 2. The molecule has 2 aromatic heterocycles. The number of aromatic nitrogens is 2. The van der Waals surface area contributed by atoms with Crippen LogP contribution in [0.1, 0.15) is 0 Å². The monoisotopic (exact) mass is 442 g/mol. The minimum absolute atomic E-state index is 0.228. The van der Waals surface area contributed by atoms with E-state index in [-0.39, 0.29) is 11.5 Å². The molecule has 0 bridgehead atoms. The van der Waals surface area contributed by atoms with Gasteiger partial charge >= 0.3 is 0 Å². The molecule has 6 rings (SSSR count). The summed E-state index contributed by atoms with van der Waals surface area (Å²) in [4.78, 5) is 8.43. The highest BCUT2D eigenvalue weighted by Gasteiger charge is 2.14. The van der Waals surface area contributed by atoms with Gasteiger partial charge in [0.25, 0.3) is 0 Å². The quantitative estimate of drug-likeness (QED) is 0.297. The molecule has 0 amide bonds. The van der Waals surface area contributed by atoms with Crippen LogP contribution in [0.5, 0.6) is 11.5 Å². The van der Waals surface area contributed by atoms with Gasteiger partial charge in [0.1, 0.15) is 22.5 Å². The molecule has 0 saturated heterocycles. The summed E-state index contributed by atoms with van der Waals surface area (Å²) in [5.41, 5.74) is 5.26. The van der Waals surface area contributed by atoms with Crippen molar-refractivity contribution in [1.29, 1.82) is 0 Å². The number of pyridine rings is 2. The Morgan fingerprint density at radius 1 is 0.500 bits per heavy atom. The summed E-state index contributed by atoms with van der Waals surface area (Å²) in [6, 6.07) is 35.2. The van der Waals surface area contributed by atoms with Crippen LogP contribution in [0.25, 0.3) is 44.1 Å². The van der Waals surface area contributed by atoms with Gasteiger partial charge in [-0.25, -0.2) is 0 Å². The number of aromatic hydroxyl groups is 2.